The summed E-state index contributed by atoms with van der Waals surface area (Å²) in [5.41, 5.74) is 1.93. The molecule has 0 radical (unpaired) electrons. The first kappa shape index (κ1) is 25.8. The number of ether oxygens (including phenoxy) is 2. The van der Waals surface area contributed by atoms with E-state index in [9.17, 15) is 19.8 Å². The van der Waals surface area contributed by atoms with E-state index in [4.69, 9.17) is 9.47 Å². The van der Waals surface area contributed by atoms with Crippen molar-refractivity contribution in [3.63, 3.8) is 0 Å². The minimum Gasteiger partial charge on any atom is -0.508 e. The van der Waals surface area contributed by atoms with Crippen LogP contribution in [0.2, 0.25) is 0 Å². The molecule has 1 aliphatic heterocycles. The standard InChI is InChI=1S/C30H31NO6/c1-6-37-24-15-12-19(16-23(24)30(2,3)4)27(33)25-26(18-10-13-21(32)14-11-18)31(29(35)28(25)34)20-8-7-9-22(17-20)36-5/h7-17,26,32-33H,6H2,1-5H3/b27-25-. The van der Waals surface area contributed by atoms with Crippen molar-refractivity contribution in [3.05, 3.63) is 89.0 Å². The van der Waals surface area contributed by atoms with Crippen molar-refractivity contribution in [2.45, 2.75) is 39.2 Å². The summed E-state index contributed by atoms with van der Waals surface area (Å²) in [7, 11) is 1.52. The van der Waals surface area contributed by atoms with E-state index in [2.05, 4.69) is 0 Å². The Kier molecular flexibility index (Phi) is 6.99. The Morgan fingerprint density at radius 1 is 1.00 bits per heavy atom. The number of amides is 1. The first-order valence-corrected chi connectivity index (χ1v) is 12.1. The van der Waals surface area contributed by atoms with Gasteiger partial charge in [0.1, 0.15) is 23.0 Å². The average molecular weight is 502 g/mol. The van der Waals surface area contributed by atoms with Crippen LogP contribution in [0.15, 0.2) is 72.3 Å². The summed E-state index contributed by atoms with van der Waals surface area (Å²) >= 11 is 0. The lowest BCUT2D eigenvalue weighted by Gasteiger charge is -2.26. The molecule has 1 saturated heterocycles. The third-order valence-corrected chi connectivity index (χ3v) is 6.35. The van der Waals surface area contributed by atoms with Crippen LogP contribution in [-0.2, 0) is 15.0 Å². The highest BCUT2D eigenvalue weighted by Gasteiger charge is 2.47. The maximum Gasteiger partial charge on any atom is 0.300 e. The molecule has 0 spiro atoms. The second-order valence-electron chi connectivity index (χ2n) is 9.86. The molecule has 4 rings (SSSR count). The number of anilines is 1. The molecule has 0 saturated carbocycles. The first-order chi connectivity index (χ1) is 17.6. The van der Waals surface area contributed by atoms with Gasteiger partial charge in [-0.2, -0.15) is 0 Å². The number of phenols is 1. The van der Waals surface area contributed by atoms with Crippen LogP contribution in [0, 0.1) is 0 Å². The molecule has 1 aliphatic rings. The number of methoxy groups -OCH3 is 1. The maximum absolute atomic E-state index is 13.4. The number of aliphatic hydroxyl groups excluding tert-OH is 1. The molecule has 0 aliphatic carbocycles. The van der Waals surface area contributed by atoms with Crippen LogP contribution in [0.4, 0.5) is 5.69 Å². The predicted octanol–water partition coefficient (Wildman–Crippen LogP) is 5.72. The van der Waals surface area contributed by atoms with E-state index in [1.54, 1.807) is 54.6 Å². The van der Waals surface area contributed by atoms with E-state index in [0.29, 0.717) is 34.9 Å². The van der Waals surface area contributed by atoms with E-state index < -0.39 is 17.7 Å². The summed E-state index contributed by atoms with van der Waals surface area (Å²) in [6.07, 6.45) is 0. The monoisotopic (exact) mass is 501 g/mol. The van der Waals surface area contributed by atoms with E-state index in [1.165, 1.54) is 24.1 Å². The summed E-state index contributed by atoms with van der Waals surface area (Å²) in [6.45, 7) is 8.49. The number of nitrogens with zero attached hydrogens (tertiary/aromatic N) is 1. The molecule has 7 heteroatoms. The molecule has 0 aromatic heterocycles. The van der Waals surface area contributed by atoms with Crippen molar-refractivity contribution < 1.29 is 29.3 Å². The van der Waals surface area contributed by atoms with E-state index >= 15 is 0 Å². The SMILES string of the molecule is CCOc1ccc(/C(O)=C2/C(=O)C(=O)N(c3cccc(OC)c3)C2c2ccc(O)cc2)cc1C(C)(C)C. The number of benzene rings is 3. The molecule has 0 bridgehead atoms. The van der Waals surface area contributed by atoms with Gasteiger partial charge >= 0.3 is 0 Å². The number of phenolic OH excluding ortho intramolecular Hbond substituents is 1. The van der Waals surface area contributed by atoms with Crippen molar-refractivity contribution in [1.29, 1.82) is 0 Å². The Morgan fingerprint density at radius 3 is 2.32 bits per heavy atom. The number of aliphatic hydroxyl groups is 1. The summed E-state index contributed by atoms with van der Waals surface area (Å²) < 4.78 is 11.1. The highest BCUT2D eigenvalue weighted by Crippen LogP contribution is 2.44. The van der Waals surface area contributed by atoms with Crippen LogP contribution in [0.1, 0.15) is 50.4 Å². The Morgan fingerprint density at radius 2 is 1.70 bits per heavy atom. The normalized spacial score (nSPS) is 17.2. The van der Waals surface area contributed by atoms with E-state index in [-0.39, 0.29) is 22.5 Å². The van der Waals surface area contributed by atoms with Crippen LogP contribution >= 0.6 is 0 Å². The number of carbonyl (C=O) groups is 2. The van der Waals surface area contributed by atoms with Gasteiger partial charge < -0.3 is 19.7 Å². The van der Waals surface area contributed by atoms with Gasteiger partial charge in [0.25, 0.3) is 11.7 Å². The van der Waals surface area contributed by atoms with Crippen molar-refractivity contribution in [1.82, 2.24) is 0 Å². The number of aromatic hydroxyl groups is 1. The minimum atomic E-state index is -0.919. The van der Waals surface area contributed by atoms with Gasteiger partial charge in [-0.15, -0.1) is 0 Å². The Balaban J connectivity index is 1.94. The fraction of sp³-hybridized carbons (Fsp3) is 0.267. The van der Waals surface area contributed by atoms with Crippen molar-refractivity contribution >= 4 is 23.1 Å². The molecular weight excluding hydrogens is 470 g/mol. The average Bonchev–Trinajstić information content (AvgIpc) is 3.14. The molecule has 1 amide bonds. The molecule has 1 fully saturated rings. The fourth-order valence-corrected chi connectivity index (χ4v) is 4.53. The molecule has 1 atom stereocenters. The second kappa shape index (κ2) is 10.0. The number of hydrogen-bond donors (Lipinski definition) is 2. The van der Waals surface area contributed by atoms with Crippen LogP contribution in [-0.4, -0.2) is 35.6 Å². The Bertz CT molecular complexity index is 1370. The van der Waals surface area contributed by atoms with Crippen molar-refractivity contribution in [3.8, 4) is 17.2 Å². The largest absolute Gasteiger partial charge is 0.508 e. The highest BCUT2D eigenvalue weighted by molar-refractivity contribution is 6.51. The van der Waals surface area contributed by atoms with Gasteiger partial charge in [0.05, 0.1) is 25.3 Å². The van der Waals surface area contributed by atoms with Gasteiger partial charge in [-0.3, -0.25) is 14.5 Å². The van der Waals surface area contributed by atoms with E-state index in [0.717, 1.165) is 5.56 Å². The van der Waals surface area contributed by atoms with Gasteiger partial charge in [0.15, 0.2) is 0 Å². The van der Waals surface area contributed by atoms with Crippen LogP contribution in [0.25, 0.3) is 5.76 Å². The van der Waals surface area contributed by atoms with Crippen molar-refractivity contribution in [2.24, 2.45) is 0 Å². The number of Topliss-reactive ketones (excluding diaryl/α,β-unsaturated/α-hetero) is 1. The molecule has 192 valence electrons. The molecule has 3 aromatic rings. The Labute approximate surface area is 216 Å². The summed E-state index contributed by atoms with van der Waals surface area (Å²) in [4.78, 5) is 28.2. The molecule has 1 unspecified atom stereocenters. The zero-order valence-corrected chi connectivity index (χ0v) is 21.6. The van der Waals surface area contributed by atoms with Gasteiger partial charge in [0, 0.05) is 22.9 Å². The second-order valence-corrected chi connectivity index (χ2v) is 9.86. The van der Waals surface area contributed by atoms with Gasteiger partial charge in [-0.1, -0.05) is 39.0 Å². The number of ketones is 1. The maximum atomic E-state index is 13.4. The lowest BCUT2D eigenvalue weighted by Crippen LogP contribution is -2.29. The quantitative estimate of drug-likeness (QED) is 0.255. The zero-order chi connectivity index (χ0) is 26.9. The van der Waals surface area contributed by atoms with E-state index in [1.807, 2.05) is 27.7 Å². The smallest absolute Gasteiger partial charge is 0.300 e. The lowest BCUT2D eigenvalue weighted by atomic mass is 9.84. The molecule has 2 N–H and O–H groups in total. The Hall–Kier alpha value is -4.26. The molecular formula is C30H31NO6. The zero-order valence-electron chi connectivity index (χ0n) is 21.6. The molecule has 3 aromatic carbocycles. The fourth-order valence-electron chi connectivity index (χ4n) is 4.53. The third-order valence-electron chi connectivity index (χ3n) is 6.35. The third kappa shape index (κ3) is 4.89. The summed E-state index contributed by atoms with van der Waals surface area (Å²) in [5, 5.41) is 21.4. The number of rotatable bonds is 6. The number of carbonyl (C=O) groups excluding carboxylic acids is 2. The van der Waals surface area contributed by atoms with Gasteiger partial charge in [-0.05, 0) is 60.4 Å². The van der Waals surface area contributed by atoms with Gasteiger partial charge in [-0.25, -0.2) is 0 Å². The predicted molar refractivity (Wildman–Crippen MR) is 142 cm³/mol. The number of hydrogen-bond acceptors (Lipinski definition) is 6. The van der Waals surface area contributed by atoms with Crippen LogP contribution < -0.4 is 14.4 Å². The molecule has 7 nitrogen and oxygen atoms in total. The highest BCUT2D eigenvalue weighted by atomic mass is 16.5. The van der Waals surface area contributed by atoms with Crippen LogP contribution in [0.5, 0.6) is 17.2 Å². The minimum absolute atomic E-state index is 0.0393. The topological polar surface area (TPSA) is 96.3 Å². The van der Waals surface area contributed by atoms with Gasteiger partial charge in [0.2, 0.25) is 0 Å². The van der Waals surface area contributed by atoms with Crippen molar-refractivity contribution in [2.75, 3.05) is 18.6 Å². The summed E-state index contributed by atoms with van der Waals surface area (Å²) in [6, 6.07) is 17.4. The first-order valence-electron chi connectivity index (χ1n) is 12.1. The molecule has 1 heterocycles. The van der Waals surface area contributed by atoms with Crippen LogP contribution in [0.3, 0.4) is 0 Å². The molecule has 37 heavy (non-hydrogen) atoms. The summed E-state index contributed by atoms with van der Waals surface area (Å²) in [5.74, 6) is -0.595. The lowest BCUT2D eigenvalue weighted by molar-refractivity contribution is -0.132.